The molecule has 1 aromatic carbocycles. The highest BCUT2D eigenvalue weighted by Crippen LogP contribution is 2.14. The molecule has 6 nitrogen and oxygen atoms in total. The lowest BCUT2D eigenvalue weighted by Crippen LogP contribution is -2.13. The van der Waals surface area contributed by atoms with Crippen LogP contribution in [0, 0.1) is 0 Å². The van der Waals surface area contributed by atoms with Crippen LogP contribution in [0.5, 0.6) is 0 Å². The van der Waals surface area contributed by atoms with Crippen molar-refractivity contribution in [2.24, 2.45) is 0 Å². The predicted molar refractivity (Wildman–Crippen MR) is 83.2 cm³/mol. The number of ether oxygens (including phenoxy) is 1. The highest BCUT2D eigenvalue weighted by molar-refractivity contribution is 6.32. The van der Waals surface area contributed by atoms with Crippen LogP contribution in [-0.2, 0) is 27.4 Å². The summed E-state index contributed by atoms with van der Waals surface area (Å²) in [6.07, 6.45) is 1.08. The van der Waals surface area contributed by atoms with Crippen molar-refractivity contribution in [3.8, 4) is 0 Å². The largest absolute Gasteiger partial charge is 0.519 e. The Bertz CT molecular complexity index is 686. The standard InChI is InChI=1S/C14H12O6.C2H5B/c1-9(15)13(16)18-8-12-11(19-14(17)20-12)7-10-5-3-2-4-6-10;1-2-3/h2-6H,7-8H2,1H3;2H2,1H3. The van der Waals surface area contributed by atoms with Crippen molar-refractivity contribution in [3.63, 3.8) is 0 Å². The SMILES string of the molecule is CC(=O)C(=O)OCc1oc(=O)oc1Cc1ccccc1.[B]CC. The van der Waals surface area contributed by atoms with Gasteiger partial charge in [-0.1, -0.05) is 43.6 Å². The number of Topliss-reactive ketones (excluding diaryl/α,β-unsaturated/α-hetero) is 1. The predicted octanol–water partition coefficient (Wildman–Crippen LogP) is 2.05. The molecule has 7 heteroatoms. The second kappa shape index (κ2) is 9.45. The number of ketones is 1. The third kappa shape index (κ3) is 6.38. The molecule has 0 bridgehead atoms. The Kier molecular flexibility index (Phi) is 7.60. The Labute approximate surface area is 134 Å². The highest BCUT2D eigenvalue weighted by atomic mass is 16.6. The molecule has 2 radical (unpaired) electrons. The van der Waals surface area contributed by atoms with Crippen LogP contribution in [0.2, 0.25) is 6.32 Å². The van der Waals surface area contributed by atoms with E-state index >= 15 is 0 Å². The van der Waals surface area contributed by atoms with Gasteiger partial charge in [0, 0.05) is 13.3 Å². The van der Waals surface area contributed by atoms with Crippen molar-refractivity contribution in [3.05, 3.63) is 58.0 Å². The summed E-state index contributed by atoms with van der Waals surface area (Å²) in [5, 5.41) is 0. The summed E-state index contributed by atoms with van der Waals surface area (Å²) in [6.45, 7) is 2.69. The number of rotatable bonds is 5. The zero-order valence-corrected chi connectivity index (χ0v) is 13.0. The molecule has 1 aromatic heterocycles. The summed E-state index contributed by atoms with van der Waals surface area (Å²) < 4.78 is 14.4. The number of benzene rings is 1. The highest BCUT2D eigenvalue weighted by Gasteiger charge is 2.17. The van der Waals surface area contributed by atoms with Crippen LogP contribution >= 0.6 is 0 Å². The molecule has 2 aromatic rings. The fourth-order valence-corrected chi connectivity index (χ4v) is 1.59. The molecule has 0 unspecified atom stereocenters. The molecule has 0 fully saturated rings. The zero-order chi connectivity index (χ0) is 17.2. The van der Waals surface area contributed by atoms with Gasteiger partial charge in [-0.2, -0.15) is 0 Å². The van der Waals surface area contributed by atoms with Crippen molar-refractivity contribution >= 4 is 19.6 Å². The molecule has 23 heavy (non-hydrogen) atoms. The van der Waals surface area contributed by atoms with Crippen molar-refractivity contribution in [2.45, 2.75) is 33.2 Å². The summed E-state index contributed by atoms with van der Waals surface area (Å²) in [4.78, 5) is 33.0. The first-order chi connectivity index (χ1) is 11.0. The maximum absolute atomic E-state index is 11.1. The molecule has 0 aliphatic rings. The van der Waals surface area contributed by atoms with Gasteiger partial charge in [-0.25, -0.2) is 9.59 Å². The van der Waals surface area contributed by atoms with Gasteiger partial charge in [-0.15, -0.1) is 0 Å². The Balaban J connectivity index is 0.000000816. The van der Waals surface area contributed by atoms with E-state index in [-0.39, 0.29) is 18.1 Å². The van der Waals surface area contributed by atoms with Crippen LogP contribution in [0.3, 0.4) is 0 Å². The van der Waals surface area contributed by atoms with Gasteiger partial charge in [0.1, 0.15) is 0 Å². The van der Waals surface area contributed by atoms with E-state index < -0.39 is 17.6 Å². The maximum atomic E-state index is 11.1. The molecule has 0 N–H and O–H groups in total. The van der Waals surface area contributed by atoms with Crippen LogP contribution in [0.25, 0.3) is 0 Å². The van der Waals surface area contributed by atoms with Crippen molar-refractivity contribution in [2.75, 3.05) is 0 Å². The maximum Gasteiger partial charge on any atom is 0.519 e. The smallest absolute Gasteiger partial charge is 0.452 e. The van der Waals surface area contributed by atoms with Crippen LogP contribution in [0.15, 0.2) is 44.0 Å². The molecule has 0 saturated carbocycles. The lowest BCUT2D eigenvalue weighted by Gasteiger charge is -2.01. The van der Waals surface area contributed by atoms with Crippen LogP contribution in [-0.4, -0.2) is 19.6 Å². The summed E-state index contributed by atoms with van der Waals surface area (Å²) in [6, 6.07) is 9.28. The van der Waals surface area contributed by atoms with Gasteiger partial charge in [-0.3, -0.25) is 4.79 Å². The quantitative estimate of drug-likeness (QED) is 0.477. The Morgan fingerprint density at radius 2 is 1.70 bits per heavy atom. The van der Waals surface area contributed by atoms with E-state index in [0.29, 0.717) is 6.42 Å². The molecule has 0 aliphatic heterocycles. The molecular weight excluding hydrogens is 299 g/mol. The van der Waals surface area contributed by atoms with E-state index in [2.05, 4.69) is 0 Å². The second-order valence-electron chi connectivity index (χ2n) is 4.50. The first kappa shape index (κ1) is 18.5. The van der Waals surface area contributed by atoms with Gasteiger partial charge in [-0.05, 0) is 5.56 Å². The van der Waals surface area contributed by atoms with E-state index in [1.54, 1.807) is 0 Å². The van der Waals surface area contributed by atoms with E-state index in [0.717, 1.165) is 18.8 Å². The number of hydrogen-bond acceptors (Lipinski definition) is 6. The van der Waals surface area contributed by atoms with Crippen molar-refractivity contribution in [1.29, 1.82) is 0 Å². The molecule has 0 saturated heterocycles. The van der Waals surface area contributed by atoms with E-state index in [1.165, 1.54) is 0 Å². The molecule has 0 atom stereocenters. The number of esters is 1. The van der Waals surface area contributed by atoms with E-state index in [1.807, 2.05) is 37.3 Å². The Morgan fingerprint density at radius 1 is 1.13 bits per heavy atom. The summed E-state index contributed by atoms with van der Waals surface area (Å²) in [5.74, 6) is -2.20. The van der Waals surface area contributed by atoms with Gasteiger partial charge in [0.25, 0.3) is 0 Å². The molecule has 0 aliphatic carbocycles. The first-order valence-corrected chi connectivity index (χ1v) is 7.01. The van der Waals surface area contributed by atoms with Crippen LogP contribution < -0.4 is 5.82 Å². The number of carbonyl (C=O) groups is 2. The van der Waals surface area contributed by atoms with Gasteiger partial charge >= 0.3 is 11.8 Å². The van der Waals surface area contributed by atoms with Gasteiger partial charge in [0.05, 0.1) is 7.85 Å². The third-order valence-corrected chi connectivity index (χ3v) is 2.55. The summed E-state index contributed by atoms with van der Waals surface area (Å²) >= 11 is 0. The first-order valence-electron chi connectivity index (χ1n) is 7.01. The normalized spacial score (nSPS) is 9.65. The summed E-state index contributed by atoms with van der Waals surface area (Å²) in [7, 11) is 4.85. The van der Waals surface area contributed by atoms with E-state index in [9.17, 15) is 14.4 Å². The van der Waals surface area contributed by atoms with Crippen LogP contribution in [0.4, 0.5) is 0 Å². The Morgan fingerprint density at radius 3 is 2.26 bits per heavy atom. The third-order valence-electron chi connectivity index (χ3n) is 2.55. The zero-order valence-electron chi connectivity index (χ0n) is 13.0. The molecule has 120 valence electrons. The molecule has 0 amide bonds. The molecule has 1 heterocycles. The Hall–Kier alpha value is -2.57. The van der Waals surface area contributed by atoms with Gasteiger partial charge in [0.15, 0.2) is 18.1 Å². The lowest BCUT2D eigenvalue weighted by atomic mass is 10.1. The molecule has 2 rings (SSSR count). The minimum absolute atomic E-state index is 0.105. The fourth-order valence-electron chi connectivity index (χ4n) is 1.59. The topological polar surface area (TPSA) is 86.7 Å². The average Bonchev–Trinajstić information content (AvgIpc) is 2.86. The fraction of sp³-hybridized carbons (Fsp3) is 0.312. The minimum atomic E-state index is -0.987. The summed E-state index contributed by atoms with van der Waals surface area (Å²) in [5.41, 5.74) is 0.913. The van der Waals surface area contributed by atoms with Crippen LogP contribution in [0.1, 0.15) is 30.9 Å². The second-order valence-corrected chi connectivity index (χ2v) is 4.50. The number of carbonyl (C=O) groups excluding carboxylic acids is 2. The lowest BCUT2D eigenvalue weighted by molar-refractivity contribution is -0.154. The average molecular weight is 316 g/mol. The van der Waals surface area contributed by atoms with Gasteiger partial charge in [0.2, 0.25) is 5.78 Å². The number of hydrogen-bond donors (Lipinski definition) is 0. The molecule has 0 spiro atoms. The van der Waals surface area contributed by atoms with Gasteiger partial charge < -0.3 is 13.6 Å². The van der Waals surface area contributed by atoms with E-state index in [4.69, 9.17) is 21.4 Å². The van der Waals surface area contributed by atoms with Crippen molar-refractivity contribution in [1.82, 2.24) is 0 Å². The monoisotopic (exact) mass is 316 g/mol. The van der Waals surface area contributed by atoms with Crippen molar-refractivity contribution < 1.29 is 23.2 Å². The minimum Gasteiger partial charge on any atom is -0.452 e. The molecular formula is C16H17BO6.